The van der Waals surface area contributed by atoms with Crippen molar-refractivity contribution < 1.29 is 19.5 Å². The molecule has 21 heavy (non-hydrogen) atoms. The third kappa shape index (κ3) is 4.55. The van der Waals surface area contributed by atoms with Crippen molar-refractivity contribution in [2.24, 2.45) is 0 Å². The van der Waals surface area contributed by atoms with Crippen LogP contribution in [0, 0.1) is 6.92 Å². The molecule has 0 bridgehead atoms. The maximum absolute atomic E-state index is 12.1. The predicted octanol–water partition coefficient (Wildman–Crippen LogP) is 0.686. The van der Waals surface area contributed by atoms with E-state index in [9.17, 15) is 14.4 Å². The van der Waals surface area contributed by atoms with Crippen LogP contribution in [0.25, 0.3) is 0 Å². The second-order valence-corrected chi connectivity index (χ2v) is 4.65. The van der Waals surface area contributed by atoms with E-state index in [2.05, 4.69) is 10.3 Å². The largest absolute Gasteiger partial charge is 0.478 e. The Morgan fingerprint density at radius 2 is 2.00 bits per heavy atom. The van der Waals surface area contributed by atoms with Crippen molar-refractivity contribution in [3.05, 3.63) is 29.1 Å². The minimum atomic E-state index is -1.09. The number of rotatable bonds is 6. The Morgan fingerprint density at radius 1 is 1.33 bits per heavy atom. The number of carboxylic acids is 1. The zero-order chi connectivity index (χ0) is 16.0. The number of amides is 2. The van der Waals surface area contributed by atoms with Gasteiger partial charge < -0.3 is 15.3 Å². The zero-order valence-electron chi connectivity index (χ0n) is 12.3. The summed E-state index contributed by atoms with van der Waals surface area (Å²) in [4.78, 5) is 39.8. The number of carbonyl (C=O) groups is 3. The third-order valence-corrected chi connectivity index (χ3v) is 2.83. The van der Waals surface area contributed by atoms with Crippen LogP contribution in [-0.2, 0) is 4.79 Å². The van der Waals surface area contributed by atoms with E-state index in [0.29, 0.717) is 6.54 Å². The van der Waals surface area contributed by atoms with Crippen LogP contribution in [0.15, 0.2) is 12.1 Å². The van der Waals surface area contributed by atoms with Crippen LogP contribution in [0.3, 0.4) is 0 Å². The quantitative estimate of drug-likeness (QED) is 0.803. The molecule has 7 nitrogen and oxygen atoms in total. The molecule has 1 heterocycles. The van der Waals surface area contributed by atoms with E-state index in [1.165, 1.54) is 31.0 Å². The Bertz CT molecular complexity index is 557. The van der Waals surface area contributed by atoms with Gasteiger partial charge in [0.15, 0.2) is 0 Å². The Hall–Kier alpha value is -2.44. The highest BCUT2D eigenvalue weighted by Crippen LogP contribution is 2.08. The molecule has 0 atom stereocenters. The first-order valence-corrected chi connectivity index (χ1v) is 6.60. The van der Waals surface area contributed by atoms with E-state index in [1.807, 2.05) is 6.92 Å². The second-order valence-electron chi connectivity index (χ2n) is 4.65. The molecule has 1 aromatic heterocycles. The van der Waals surface area contributed by atoms with Gasteiger partial charge in [0.05, 0.1) is 17.8 Å². The molecule has 2 N–H and O–H groups in total. The van der Waals surface area contributed by atoms with Crippen LogP contribution in [0.4, 0.5) is 0 Å². The molecule has 0 saturated carbocycles. The highest BCUT2D eigenvalue weighted by atomic mass is 16.4. The standard InChI is InChI=1S/C14H19N3O4/c1-4-7-15-12(18)8-17(3)13(19)11-6-5-10(14(20)21)9(2)16-11/h5-6H,4,7-8H2,1-3H3,(H,15,18)(H,20,21). The molecule has 0 aliphatic heterocycles. The van der Waals surface area contributed by atoms with Gasteiger partial charge in [-0.3, -0.25) is 9.59 Å². The van der Waals surface area contributed by atoms with E-state index in [-0.39, 0.29) is 29.4 Å². The zero-order valence-corrected chi connectivity index (χ0v) is 12.3. The van der Waals surface area contributed by atoms with Gasteiger partial charge in [-0.1, -0.05) is 6.92 Å². The van der Waals surface area contributed by atoms with Crippen LogP contribution < -0.4 is 5.32 Å². The van der Waals surface area contributed by atoms with Crippen LogP contribution >= 0.6 is 0 Å². The lowest BCUT2D eigenvalue weighted by atomic mass is 10.2. The van der Waals surface area contributed by atoms with Gasteiger partial charge in [-0.25, -0.2) is 9.78 Å². The molecule has 0 unspecified atom stereocenters. The average Bonchev–Trinajstić information content (AvgIpc) is 2.43. The molecular formula is C14H19N3O4. The van der Waals surface area contributed by atoms with Crippen molar-refractivity contribution in [2.75, 3.05) is 20.1 Å². The van der Waals surface area contributed by atoms with E-state index in [4.69, 9.17) is 5.11 Å². The van der Waals surface area contributed by atoms with Crippen molar-refractivity contribution >= 4 is 17.8 Å². The van der Waals surface area contributed by atoms with Gasteiger partial charge in [0.2, 0.25) is 5.91 Å². The average molecular weight is 293 g/mol. The summed E-state index contributed by atoms with van der Waals surface area (Å²) in [7, 11) is 1.50. The molecule has 0 radical (unpaired) electrons. The first-order valence-electron chi connectivity index (χ1n) is 6.60. The number of hydrogen-bond donors (Lipinski definition) is 2. The number of nitrogens with zero attached hydrogens (tertiary/aromatic N) is 2. The summed E-state index contributed by atoms with van der Waals surface area (Å²) in [5.41, 5.74) is 0.426. The van der Waals surface area contributed by atoms with Gasteiger partial charge in [-0.05, 0) is 25.5 Å². The lowest BCUT2D eigenvalue weighted by Crippen LogP contribution is -2.38. The summed E-state index contributed by atoms with van der Waals surface area (Å²) in [5, 5.41) is 11.6. The Balaban J connectivity index is 2.76. The predicted molar refractivity (Wildman–Crippen MR) is 76.2 cm³/mol. The van der Waals surface area contributed by atoms with Gasteiger partial charge in [-0.2, -0.15) is 0 Å². The first kappa shape index (κ1) is 16.6. The summed E-state index contributed by atoms with van der Waals surface area (Å²) in [6.07, 6.45) is 0.820. The minimum Gasteiger partial charge on any atom is -0.478 e. The molecule has 0 aliphatic carbocycles. The van der Waals surface area contributed by atoms with Crippen LogP contribution in [0.2, 0.25) is 0 Å². The van der Waals surface area contributed by atoms with Gasteiger partial charge >= 0.3 is 5.97 Å². The summed E-state index contributed by atoms with van der Waals surface area (Å²) in [6, 6.07) is 2.68. The second kappa shape index (κ2) is 7.37. The van der Waals surface area contributed by atoms with Gasteiger partial charge in [0, 0.05) is 13.6 Å². The van der Waals surface area contributed by atoms with E-state index in [1.54, 1.807) is 0 Å². The first-order chi connectivity index (χ1) is 9.86. The van der Waals surface area contributed by atoms with Gasteiger partial charge in [-0.15, -0.1) is 0 Å². The lowest BCUT2D eigenvalue weighted by Gasteiger charge is -2.16. The van der Waals surface area contributed by atoms with Crippen molar-refractivity contribution in [3.8, 4) is 0 Å². The maximum atomic E-state index is 12.1. The molecule has 0 aromatic carbocycles. The number of aromatic carboxylic acids is 1. The molecular weight excluding hydrogens is 274 g/mol. The molecule has 0 aliphatic rings. The van der Waals surface area contributed by atoms with E-state index in [0.717, 1.165) is 6.42 Å². The normalized spacial score (nSPS) is 10.0. The van der Waals surface area contributed by atoms with Crippen molar-refractivity contribution in [1.82, 2.24) is 15.2 Å². The summed E-state index contributed by atoms with van der Waals surface area (Å²) in [6.45, 7) is 3.95. The summed E-state index contributed by atoms with van der Waals surface area (Å²) >= 11 is 0. The Labute approximate surface area is 123 Å². The number of likely N-dealkylation sites (N-methyl/N-ethyl adjacent to an activating group) is 1. The van der Waals surface area contributed by atoms with E-state index >= 15 is 0 Å². The van der Waals surface area contributed by atoms with Crippen molar-refractivity contribution in [1.29, 1.82) is 0 Å². The summed E-state index contributed by atoms with van der Waals surface area (Å²) < 4.78 is 0. The number of hydrogen-bond acceptors (Lipinski definition) is 4. The molecule has 0 spiro atoms. The van der Waals surface area contributed by atoms with Crippen LogP contribution in [0.1, 0.15) is 39.9 Å². The molecule has 2 amide bonds. The highest BCUT2D eigenvalue weighted by molar-refractivity contribution is 5.96. The molecule has 114 valence electrons. The topological polar surface area (TPSA) is 99.6 Å². The molecule has 0 fully saturated rings. The monoisotopic (exact) mass is 293 g/mol. The van der Waals surface area contributed by atoms with E-state index < -0.39 is 11.9 Å². The number of pyridine rings is 1. The van der Waals surface area contributed by atoms with Gasteiger partial charge in [0.25, 0.3) is 5.91 Å². The minimum absolute atomic E-state index is 0.0508. The number of carbonyl (C=O) groups excluding carboxylic acids is 2. The molecule has 0 saturated heterocycles. The number of nitrogens with one attached hydrogen (secondary N) is 1. The Morgan fingerprint density at radius 3 is 2.52 bits per heavy atom. The van der Waals surface area contributed by atoms with Crippen LogP contribution in [-0.4, -0.2) is 52.9 Å². The fourth-order valence-corrected chi connectivity index (χ4v) is 1.71. The lowest BCUT2D eigenvalue weighted by molar-refractivity contribution is -0.121. The maximum Gasteiger partial charge on any atom is 0.337 e. The fraction of sp³-hybridized carbons (Fsp3) is 0.429. The van der Waals surface area contributed by atoms with Crippen molar-refractivity contribution in [3.63, 3.8) is 0 Å². The summed E-state index contributed by atoms with van der Waals surface area (Å²) in [5.74, 6) is -1.76. The Kier molecular flexibility index (Phi) is 5.83. The van der Waals surface area contributed by atoms with Crippen LogP contribution in [0.5, 0.6) is 0 Å². The fourth-order valence-electron chi connectivity index (χ4n) is 1.71. The smallest absolute Gasteiger partial charge is 0.337 e. The molecule has 1 rings (SSSR count). The SMILES string of the molecule is CCCNC(=O)CN(C)C(=O)c1ccc(C(=O)O)c(C)n1. The third-order valence-electron chi connectivity index (χ3n) is 2.83. The number of aromatic nitrogens is 1. The molecule has 7 heteroatoms. The van der Waals surface area contributed by atoms with Gasteiger partial charge in [0.1, 0.15) is 5.69 Å². The molecule has 1 aromatic rings. The van der Waals surface area contributed by atoms with Crippen molar-refractivity contribution in [2.45, 2.75) is 20.3 Å². The highest BCUT2D eigenvalue weighted by Gasteiger charge is 2.18. The number of aryl methyl sites for hydroxylation is 1. The number of carboxylic acid groups (broad SMARTS) is 1.